The van der Waals surface area contributed by atoms with Crippen LogP contribution in [0.3, 0.4) is 0 Å². The number of alkyl carbamates (subject to hydrolysis) is 1. The van der Waals surface area contributed by atoms with Crippen LogP contribution in [0.5, 0.6) is 5.75 Å². The number of nitrogens with one attached hydrogen (secondary N) is 1. The number of ether oxygens (including phenoxy) is 2. The maximum absolute atomic E-state index is 12.4. The molecule has 1 N–H and O–H groups in total. The molecule has 33 heavy (non-hydrogen) atoms. The number of amides is 1. The fourth-order valence-electron chi connectivity index (χ4n) is 2.77. The van der Waals surface area contributed by atoms with Crippen molar-refractivity contribution in [2.45, 2.75) is 70.1 Å². The van der Waals surface area contributed by atoms with Crippen molar-refractivity contribution < 1.29 is 31.7 Å². The van der Waals surface area contributed by atoms with Crippen molar-refractivity contribution in [3.05, 3.63) is 60.2 Å². The van der Waals surface area contributed by atoms with Crippen LogP contribution in [0, 0.1) is 0 Å². The Hall–Kier alpha value is -3.07. The lowest BCUT2D eigenvalue weighted by Gasteiger charge is -2.25. The Morgan fingerprint density at radius 1 is 0.848 bits per heavy atom. The van der Waals surface area contributed by atoms with E-state index < -0.39 is 39.4 Å². The molecule has 8 nitrogen and oxygen atoms in total. The first-order chi connectivity index (χ1) is 15.1. The van der Waals surface area contributed by atoms with Crippen molar-refractivity contribution in [2.75, 3.05) is 0 Å². The van der Waals surface area contributed by atoms with Gasteiger partial charge in [0, 0.05) is 0 Å². The highest BCUT2D eigenvalue weighted by molar-refractivity contribution is 7.87. The molecule has 0 spiro atoms. The zero-order chi connectivity index (χ0) is 24.9. The Balaban J connectivity index is 2.21. The van der Waals surface area contributed by atoms with Crippen LogP contribution in [-0.4, -0.2) is 31.7 Å². The fraction of sp³-hybridized carbons (Fsp3) is 0.417. The quantitative estimate of drug-likeness (QED) is 0.453. The normalized spacial score (nSPS) is 13.0. The molecule has 2 rings (SSSR count). The summed E-state index contributed by atoms with van der Waals surface area (Å²) < 4.78 is 40.7. The average Bonchev–Trinajstić information content (AvgIpc) is 2.65. The van der Waals surface area contributed by atoms with E-state index in [-0.39, 0.29) is 17.1 Å². The van der Waals surface area contributed by atoms with Gasteiger partial charge in [-0.3, -0.25) is 4.79 Å². The van der Waals surface area contributed by atoms with E-state index >= 15 is 0 Å². The molecule has 0 aromatic heterocycles. The number of esters is 1. The first-order valence-electron chi connectivity index (χ1n) is 10.5. The van der Waals surface area contributed by atoms with E-state index in [9.17, 15) is 18.0 Å². The summed E-state index contributed by atoms with van der Waals surface area (Å²) >= 11 is 0. The third kappa shape index (κ3) is 9.13. The highest BCUT2D eigenvalue weighted by atomic mass is 32.2. The lowest BCUT2D eigenvalue weighted by Crippen LogP contribution is -2.36. The molecule has 1 atom stereocenters. The van der Waals surface area contributed by atoms with Crippen LogP contribution in [0.1, 0.15) is 59.6 Å². The van der Waals surface area contributed by atoms with Crippen molar-refractivity contribution in [1.82, 2.24) is 5.32 Å². The molecule has 0 saturated heterocycles. The third-order valence-corrected chi connectivity index (χ3v) is 5.26. The van der Waals surface area contributed by atoms with E-state index in [1.807, 2.05) is 0 Å². The summed E-state index contributed by atoms with van der Waals surface area (Å²) in [4.78, 5) is 24.8. The molecular weight excluding hydrogens is 446 g/mol. The Morgan fingerprint density at radius 2 is 1.39 bits per heavy atom. The van der Waals surface area contributed by atoms with Gasteiger partial charge in [0.1, 0.15) is 21.8 Å². The number of carbonyl (C=O) groups excluding carboxylic acids is 2. The molecule has 0 radical (unpaired) electrons. The zero-order valence-electron chi connectivity index (χ0n) is 19.7. The summed E-state index contributed by atoms with van der Waals surface area (Å²) in [5, 5.41) is 2.68. The summed E-state index contributed by atoms with van der Waals surface area (Å²) in [5.41, 5.74) is -0.850. The topological polar surface area (TPSA) is 108 Å². The van der Waals surface area contributed by atoms with Gasteiger partial charge in [-0.05, 0) is 71.4 Å². The van der Waals surface area contributed by atoms with Gasteiger partial charge in [-0.2, -0.15) is 8.42 Å². The second-order valence-corrected chi connectivity index (χ2v) is 11.0. The molecule has 9 heteroatoms. The van der Waals surface area contributed by atoms with Crippen LogP contribution in [0.2, 0.25) is 0 Å². The van der Waals surface area contributed by atoms with Crippen molar-refractivity contribution in [2.24, 2.45) is 0 Å². The molecule has 0 aliphatic carbocycles. The van der Waals surface area contributed by atoms with Gasteiger partial charge in [-0.25, -0.2) is 4.79 Å². The highest BCUT2D eigenvalue weighted by Crippen LogP contribution is 2.25. The summed E-state index contributed by atoms with van der Waals surface area (Å²) in [6, 6.07) is 13.1. The minimum atomic E-state index is -3.99. The predicted octanol–water partition coefficient (Wildman–Crippen LogP) is 4.75. The summed E-state index contributed by atoms with van der Waals surface area (Å²) in [6.07, 6.45) is -0.831. The van der Waals surface area contributed by atoms with Gasteiger partial charge in [0.15, 0.2) is 0 Å². The molecule has 0 aliphatic rings. The van der Waals surface area contributed by atoms with Gasteiger partial charge >= 0.3 is 22.2 Å². The first kappa shape index (κ1) is 26.2. The number of hydrogen-bond acceptors (Lipinski definition) is 7. The average molecular weight is 478 g/mol. The van der Waals surface area contributed by atoms with Crippen LogP contribution in [0.25, 0.3) is 0 Å². The van der Waals surface area contributed by atoms with Gasteiger partial charge in [0.05, 0.1) is 12.5 Å². The van der Waals surface area contributed by atoms with Crippen molar-refractivity contribution >= 4 is 22.2 Å². The Bertz CT molecular complexity index is 1020. The summed E-state index contributed by atoms with van der Waals surface area (Å²) in [7, 11) is -3.99. The molecule has 0 bridgehead atoms. The molecule has 0 heterocycles. The molecule has 2 aromatic rings. The van der Waals surface area contributed by atoms with Crippen molar-refractivity contribution in [3.8, 4) is 5.75 Å². The monoisotopic (exact) mass is 477 g/mol. The van der Waals surface area contributed by atoms with Crippen LogP contribution in [-0.2, 0) is 24.4 Å². The highest BCUT2D eigenvalue weighted by Gasteiger charge is 2.26. The number of hydrogen-bond donors (Lipinski definition) is 1. The molecule has 0 saturated carbocycles. The second-order valence-electron chi connectivity index (χ2n) is 9.41. The van der Waals surface area contributed by atoms with Gasteiger partial charge in [0.25, 0.3) is 0 Å². The molecule has 180 valence electrons. The predicted molar refractivity (Wildman–Crippen MR) is 123 cm³/mol. The molecule has 1 unspecified atom stereocenters. The van der Waals surface area contributed by atoms with Crippen LogP contribution in [0.4, 0.5) is 4.79 Å². The standard InChI is InChI=1S/C24H31NO7S/c1-23(2,3)30-21(26)16-20(25-22(27)31-24(4,5)6)17-12-14-18(15-13-17)32-33(28,29)19-10-8-7-9-11-19/h7-15,20H,16H2,1-6H3,(H,25,27). The van der Waals surface area contributed by atoms with E-state index in [0.29, 0.717) is 5.56 Å². The minimum Gasteiger partial charge on any atom is -0.460 e. The molecule has 0 aliphatic heterocycles. The molecule has 1 amide bonds. The Morgan fingerprint density at radius 3 is 1.91 bits per heavy atom. The van der Waals surface area contributed by atoms with E-state index in [1.54, 1.807) is 71.9 Å². The van der Waals surface area contributed by atoms with Gasteiger partial charge < -0.3 is 19.0 Å². The smallest absolute Gasteiger partial charge is 0.408 e. The van der Waals surface area contributed by atoms with Gasteiger partial charge in [-0.15, -0.1) is 0 Å². The van der Waals surface area contributed by atoms with E-state index in [2.05, 4.69) is 5.32 Å². The van der Waals surface area contributed by atoms with Crippen LogP contribution in [0.15, 0.2) is 59.5 Å². The van der Waals surface area contributed by atoms with Crippen LogP contribution >= 0.6 is 0 Å². The first-order valence-corrected chi connectivity index (χ1v) is 11.9. The van der Waals surface area contributed by atoms with Crippen LogP contribution < -0.4 is 9.50 Å². The number of carbonyl (C=O) groups is 2. The summed E-state index contributed by atoms with van der Waals surface area (Å²) in [6.45, 7) is 10.4. The lowest BCUT2D eigenvalue weighted by molar-refractivity contribution is -0.155. The maximum atomic E-state index is 12.4. The van der Waals surface area contributed by atoms with Crippen molar-refractivity contribution in [3.63, 3.8) is 0 Å². The van der Waals surface area contributed by atoms with Crippen molar-refractivity contribution in [1.29, 1.82) is 0 Å². The molecule has 2 aromatic carbocycles. The maximum Gasteiger partial charge on any atom is 0.408 e. The molecular formula is C24H31NO7S. The van der Waals surface area contributed by atoms with Gasteiger partial charge in [-0.1, -0.05) is 30.3 Å². The molecule has 0 fully saturated rings. The third-order valence-electron chi connectivity index (χ3n) is 4.00. The minimum absolute atomic E-state index is 0.0310. The summed E-state index contributed by atoms with van der Waals surface area (Å²) in [5.74, 6) is -0.411. The number of rotatable bonds is 7. The fourth-order valence-corrected chi connectivity index (χ4v) is 3.72. The zero-order valence-corrected chi connectivity index (χ0v) is 20.6. The lowest BCUT2D eigenvalue weighted by atomic mass is 10.0. The number of benzene rings is 2. The largest absolute Gasteiger partial charge is 0.460 e. The second kappa shape index (κ2) is 10.2. The van der Waals surface area contributed by atoms with Gasteiger partial charge in [0.2, 0.25) is 0 Å². The Kier molecular flexibility index (Phi) is 8.13. The Labute approximate surface area is 195 Å². The SMILES string of the molecule is CC(C)(C)OC(=O)CC(NC(=O)OC(C)(C)C)c1ccc(OS(=O)(=O)c2ccccc2)cc1. The van der Waals surface area contributed by atoms with E-state index in [0.717, 1.165) is 0 Å². The van der Waals surface area contributed by atoms with E-state index in [4.69, 9.17) is 13.7 Å². The van der Waals surface area contributed by atoms with E-state index in [1.165, 1.54) is 24.3 Å².